The van der Waals surface area contributed by atoms with E-state index in [9.17, 15) is 4.79 Å². The topological polar surface area (TPSA) is 65.4 Å². The van der Waals surface area contributed by atoms with Crippen molar-refractivity contribution in [2.45, 2.75) is 38.6 Å². The van der Waals surface area contributed by atoms with E-state index in [0.29, 0.717) is 17.9 Å². The number of benzene rings is 1. The molecule has 25 heavy (non-hydrogen) atoms. The minimum absolute atomic E-state index is 0.0169. The van der Waals surface area contributed by atoms with Gasteiger partial charge in [-0.25, -0.2) is 4.98 Å². The predicted molar refractivity (Wildman–Crippen MR) is 96.9 cm³/mol. The molecule has 1 aromatic carbocycles. The van der Waals surface area contributed by atoms with Gasteiger partial charge in [0.2, 0.25) is 5.91 Å². The number of aromatic nitrogens is 2. The van der Waals surface area contributed by atoms with Crippen LogP contribution < -0.4 is 14.8 Å². The predicted octanol–water partition coefficient (Wildman–Crippen LogP) is 3.22. The molecule has 0 radical (unpaired) electrons. The first kappa shape index (κ1) is 18.8. The van der Waals surface area contributed by atoms with Crippen LogP contribution >= 0.6 is 0 Å². The standard InChI is InChI=1S/C19H27N3O3/c1-5-6-7-8-17(23)21-18(19-20-9-10-22(19)2)14-11-15(24-3)13-16(12-14)25-4/h9-13,18H,5-8H2,1-4H3,(H,21,23). The number of methoxy groups -OCH3 is 2. The van der Waals surface area contributed by atoms with Gasteiger partial charge in [0.1, 0.15) is 23.4 Å². The van der Waals surface area contributed by atoms with Gasteiger partial charge < -0.3 is 19.4 Å². The highest BCUT2D eigenvalue weighted by Gasteiger charge is 2.22. The number of hydrogen-bond acceptors (Lipinski definition) is 4. The van der Waals surface area contributed by atoms with Crippen molar-refractivity contribution in [1.82, 2.24) is 14.9 Å². The van der Waals surface area contributed by atoms with Gasteiger partial charge in [-0.15, -0.1) is 0 Å². The van der Waals surface area contributed by atoms with Crippen LogP contribution in [0.25, 0.3) is 0 Å². The fourth-order valence-corrected chi connectivity index (χ4v) is 2.72. The zero-order valence-corrected chi connectivity index (χ0v) is 15.4. The minimum Gasteiger partial charge on any atom is -0.497 e. The van der Waals surface area contributed by atoms with E-state index in [0.717, 1.165) is 30.7 Å². The number of rotatable bonds is 9. The molecule has 1 N–H and O–H groups in total. The number of carbonyl (C=O) groups excluding carboxylic acids is 1. The Kier molecular flexibility index (Phi) is 6.86. The Bertz CT molecular complexity index is 675. The van der Waals surface area contributed by atoms with Crippen molar-refractivity contribution >= 4 is 5.91 Å². The van der Waals surface area contributed by atoms with Crippen LogP contribution in [-0.2, 0) is 11.8 Å². The Morgan fingerprint density at radius 2 is 1.88 bits per heavy atom. The van der Waals surface area contributed by atoms with E-state index in [4.69, 9.17) is 9.47 Å². The molecule has 0 aliphatic rings. The molecular formula is C19H27N3O3. The Labute approximate surface area is 149 Å². The molecule has 1 atom stereocenters. The summed E-state index contributed by atoms with van der Waals surface area (Å²) >= 11 is 0. The van der Waals surface area contributed by atoms with E-state index in [1.807, 2.05) is 36.0 Å². The third-order valence-electron chi connectivity index (χ3n) is 4.14. The lowest BCUT2D eigenvalue weighted by Crippen LogP contribution is -2.31. The van der Waals surface area contributed by atoms with Gasteiger partial charge in [-0.1, -0.05) is 19.8 Å². The van der Waals surface area contributed by atoms with Gasteiger partial charge in [0, 0.05) is 31.9 Å². The third kappa shape index (κ3) is 4.98. The summed E-state index contributed by atoms with van der Waals surface area (Å²) in [4.78, 5) is 16.8. The first-order valence-corrected chi connectivity index (χ1v) is 8.58. The van der Waals surface area contributed by atoms with Crippen LogP contribution in [0.2, 0.25) is 0 Å². The Balaban J connectivity index is 2.32. The van der Waals surface area contributed by atoms with Crippen molar-refractivity contribution in [2.24, 2.45) is 7.05 Å². The molecule has 0 spiro atoms. The molecule has 6 heteroatoms. The van der Waals surface area contributed by atoms with E-state index in [1.54, 1.807) is 20.4 Å². The fraction of sp³-hybridized carbons (Fsp3) is 0.474. The van der Waals surface area contributed by atoms with Crippen molar-refractivity contribution < 1.29 is 14.3 Å². The summed E-state index contributed by atoms with van der Waals surface area (Å²) < 4.78 is 12.6. The molecule has 0 saturated heterocycles. The Morgan fingerprint density at radius 3 is 2.40 bits per heavy atom. The maximum Gasteiger partial charge on any atom is 0.220 e. The fourth-order valence-electron chi connectivity index (χ4n) is 2.72. The zero-order valence-electron chi connectivity index (χ0n) is 15.4. The Hall–Kier alpha value is -2.50. The summed E-state index contributed by atoms with van der Waals surface area (Å²) in [7, 11) is 5.13. The molecular weight excluding hydrogens is 318 g/mol. The van der Waals surface area contributed by atoms with E-state index >= 15 is 0 Å². The smallest absolute Gasteiger partial charge is 0.220 e. The summed E-state index contributed by atoms with van der Waals surface area (Å²) in [6, 6.07) is 5.24. The van der Waals surface area contributed by atoms with Crippen molar-refractivity contribution in [3.63, 3.8) is 0 Å². The SMILES string of the molecule is CCCCCC(=O)NC(c1cc(OC)cc(OC)c1)c1nccn1C. The quantitative estimate of drug-likeness (QED) is 0.709. The van der Waals surface area contributed by atoms with Crippen molar-refractivity contribution in [1.29, 1.82) is 0 Å². The molecule has 1 heterocycles. The molecule has 0 aliphatic heterocycles. The van der Waals surface area contributed by atoms with E-state index in [-0.39, 0.29) is 11.9 Å². The summed E-state index contributed by atoms with van der Waals surface area (Å²) in [6.45, 7) is 2.12. The molecule has 1 aromatic heterocycles. The number of imidazole rings is 1. The molecule has 2 aromatic rings. The second-order valence-electron chi connectivity index (χ2n) is 6.00. The highest BCUT2D eigenvalue weighted by atomic mass is 16.5. The van der Waals surface area contributed by atoms with Crippen molar-refractivity contribution in [3.05, 3.63) is 42.0 Å². The lowest BCUT2D eigenvalue weighted by atomic mass is 10.0. The van der Waals surface area contributed by atoms with Gasteiger partial charge >= 0.3 is 0 Å². The summed E-state index contributed by atoms with van der Waals surface area (Å²) in [6.07, 6.45) is 7.12. The van der Waals surface area contributed by atoms with Crippen LogP contribution in [0.1, 0.15) is 50.0 Å². The molecule has 136 valence electrons. The largest absolute Gasteiger partial charge is 0.497 e. The summed E-state index contributed by atoms with van der Waals surface area (Å²) in [5.74, 6) is 2.13. The molecule has 1 amide bonds. The minimum atomic E-state index is -0.363. The first-order chi connectivity index (χ1) is 12.1. The van der Waals surface area contributed by atoms with Gasteiger partial charge in [0.05, 0.1) is 14.2 Å². The maximum absolute atomic E-state index is 12.4. The highest BCUT2D eigenvalue weighted by Crippen LogP contribution is 2.29. The molecule has 0 saturated carbocycles. The van der Waals surface area contributed by atoms with Gasteiger partial charge in [-0.05, 0) is 24.1 Å². The lowest BCUT2D eigenvalue weighted by molar-refractivity contribution is -0.121. The number of nitrogens with zero attached hydrogens (tertiary/aromatic N) is 2. The Morgan fingerprint density at radius 1 is 1.20 bits per heavy atom. The second-order valence-corrected chi connectivity index (χ2v) is 6.00. The van der Waals surface area contributed by atoms with E-state index in [1.165, 1.54) is 0 Å². The third-order valence-corrected chi connectivity index (χ3v) is 4.14. The number of nitrogens with one attached hydrogen (secondary N) is 1. The van der Waals surface area contributed by atoms with E-state index in [2.05, 4.69) is 17.2 Å². The number of hydrogen-bond donors (Lipinski definition) is 1. The van der Waals surface area contributed by atoms with Crippen molar-refractivity contribution in [2.75, 3.05) is 14.2 Å². The van der Waals surface area contributed by atoms with Crippen LogP contribution in [0, 0.1) is 0 Å². The molecule has 2 rings (SSSR count). The van der Waals surface area contributed by atoms with Crippen LogP contribution in [0.5, 0.6) is 11.5 Å². The monoisotopic (exact) mass is 345 g/mol. The average molecular weight is 345 g/mol. The second kappa shape index (κ2) is 9.11. The molecule has 0 aliphatic carbocycles. The maximum atomic E-state index is 12.4. The normalized spacial score (nSPS) is 11.8. The number of unbranched alkanes of at least 4 members (excludes halogenated alkanes) is 2. The number of ether oxygens (including phenoxy) is 2. The van der Waals surface area contributed by atoms with Crippen LogP contribution in [-0.4, -0.2) is 29.7 Å². The number of carbonyl (C=O) groups is 1. The molecule has 0 fully saturated rings. The molecule has 1 unspecified atom stereocenters. The first-order valence-electron chi connectivity index (χ1n) is 8.58. The summed E-state index contributed by atoms with van der Waals surface area (Å²) in [5.41, 5.74) is 0.870. The number of amides is 1. The van der Waals surface area contributed by atoms with Gasteiger partial charge in [-0.2, -0.15) is 0 Å². The van der Waals surface area contributed by atoms with Gasteiger partial charge in [0.25, 0.3) is 0 Å². The highest BCUT2D eigenvalue weighted by molar-refractivity contribution is 5.76. The number of aryl methyl sites for hydroxylation is 1. The van der Waals surface area contributed by atoms with Crippen LogP contribution in [0.3, 0.4) is 0 Å². The van der Waals surface area contributed by atoms with Crippen molar-refractivity contribution in [3.8, 4) is 11.5 Å². The van der Waals surface area contributed by atoms with Gasteiger partial charge in [-0.3, -0.25) is 4.79 Å². The molecule has 6 nitrogen and oxygen atoms in total. The molecule has 0 bridgehead atoms. The average Bonchev–Trinajstić information content (AvgIpc) is 3.05. The van der Waals surface area contributed by atoms with Crippen LogP contribution in [0.15, 0.2) is 30.6 Å². The lowest BCUT2D eigenvalue weighted by Gasteiger charge is -2.20. The summed E-state index contributed by atoms with van der Waals surface area (Å²) in [5, 5.41) is 3.10. The van der Waals surface area contributed by atoms with E-state index < -0.39 is 0 Å². The van der Waals surface area contributed by atoms with Crippen LogP contribution in [0.4, 0.5) is 0 Å². The zero-order chi connectivity index (χ0) is 18.2. The van der Waals surface area contributed by atoms with Gasteiger partial charge in [0.15, 0.2) is 0 Å².